The molecular weight excluding hydrogens is 362 g/mol. The second-order valence-corrected chi connectivity index (χ2v) is 7.09. The second-order valence-electron chi connectivity index (χ2n) is 7.09. The summed E-state index contributed by atoms with van der Waals surface area (Å²) in [7, 11) is 1.60. The number of methoxy groups -OCH3 is 1. The molecule has 2 aliphatic heterocycles. The zero-order chi connectivity index (χ0) is 19.9. The molecule has 0 radical (unpaired) electrons. The summed E-state index contributed by atoms with van der Waals surface area (Å²) in [5.74, 6) is 0.524. The number of aromatic nitrogens is 2. The van der Waals surface area contributed by atoms with Gasteiger partial charge in [0.2, 0.25) is 5.91 Å². The SMILES string of the molecule is COCCNC(=O)CN1CCC[C@H]1c1nc(C)ncc1C(=O)N1CCOCC1. The van der Waals surface area contributed by atoms with Crippen molar-refractivity contribution in [1.29, 1.82) is 0 Å². The maximum absolute atomic E-state index is 13.1. The Bertz CT molecular complexity index is 693. The van der Waals surface area contributed by atoms with Crippen LogP contribution in [0.1, 0.15) is 40.8 Å². The van der Waals surface area contributed by atoms with Gasteiger partial charge < -0.3 is 19.7 Å². The highest BCUT2D eigenvalue weighted by Crippen LogP contribution is 2.32. The molecule has 3 rings (SSSR count). The number of hydrogen-bond acceptors (Lipinski definition) is 7. The summed E-state index contributed by atoms with van der Waals surface area (Å²) >= 11 is 0. The maximum Gasteiger partial charge on any atom is 0.257 e. The number of likely N-dealkylation sites (tertiary alicyclic amines) is 1. The van der Waals surface area contributed by atoms with E-state index in [0.717, 1.165) is 25.1 Å². The van der Waals surface area contributed by atoms with Crippen LogP contribution in [0.15, 0.2) is 6.20 Å². The van der Waals surface area contributed by atoms with Gasteiger partial charge in [-0.2, -0.15) is 0 Å². The fraction of sp³-hybridized carbons (Fsp3) is 0.684. The Hall–Kier alpha value is -2.10. The number of nitrogens with zero attached hydrogens (tertiary/aromatic N) is 4. The van der Waals surface area contributed by atoms with E-state index >= 15 is 0 Å². The molecule has 1 aromatic heterocycles. The van der Waals surface area contributed by atoms with Gasteiger partial charge in [0, 0.05) is 32.9 Å². The molecule has 1 aromatic rings. The lowest BCUT2D eigenvalue weighted by molar-refractivity contribution is -0.122. The lowest BCUT2D eigenvalue weighted by Gasteiger charge is -2.29. The number of amides is 2. The average molecular weight is 391 g/mol. The number of carbonyl (C=O) groups excluding carboxylic acids is 2. The highest BCUT2D eigenvalue weighted by Gasteiger charge is 2.33. The van der Waals surface area contributed by atoms with Gasteiger partial charge in [-0.05, 0) is 26.3 Å². The maximum atomic E-state index is 13.1. The van der Waals surface area contributed by atoms with Gasteiger partial charge in [0.05, 0.1) is 43.7 Å². The molecular formula is C19H29N5O4. The summed E-state index contributed by atoms with van der Waals surface area (Å²) in [4.78, 5) is 38.1. The summed E-state index contributed by atoms with van der Waals surface area (Å²) in [6.45, 7) is 6.11. The minimum atomic E-state index is -0.0605. The first-order valence-corrected chi connectivity index (χ1v) is 9.80. The fourth-order valence-electron chi connectivity index (χ4n) is 3.70. The summed E-state index contributed by atoms with van der Waals surface area (Å²) in [5.41, 5.74) is 1.26. The molecule has 0 unspecified atom stereocenters. The average Bonchev–Trinajstić information content (AvgIpc) is 3.16. The van der Waals surface area contributed by atoms with Crippen molar-refractivity contribution in [2.75, 3.05) is 59.7 Å². The first kappa shape index (κ1) is 20.6. The Balaban J connectivity index is 1.76. The van der Waals surface area contributed by atoms with Crippen LogP contribution in [0, 0.1) is 6.92 Å². The van der Waals surface area contributed by atoms with Crippen LogP contribution in [-0.2, 0) is 14.3 Å². The number of carbonyl (C=O) groups is 2. The van der Waals surface area contributed by atoms with Crippen LogP contribution in [0.25, 0.3) is 0 Å². The molecule has 1 N–H and O–H groups in total. The molecule has 154 valence electrons. The minimum absolute atomic E-state index is 0.0456. The molecule has 28 heavy (non-hydrogen) atoms. The van der Waals surface area contributed by atoms with Crippen molar-refractivity contribution in [2.45, 2.75) is 25.8 Å². The molecule has 1 atom stereocenters. The van der Waals surface area contributed by atoms with Crippen LogP contribution in [-0.4, -0.2) is 91.2 Å². The fourth-order valence-corrected chi connectivity index (χ4v) is 3.70. The zero-order valence-corrected chi connectivity index (χ0v) is 16.6. The third kappa shape index (κ3) is 5.03. The van der Waals surface area contributed by atoms with Crippen LogP contribution in [0.4, 0.5) is 0 Å². The monoisotopic (exact) mass is 391 g/mol. The molecule has 0 aliphatic carbocycles. The lowest BCUT2D eigenvalue weighted by Crippen LogP contribution is -2.42. The highest BCUT2D eigenvalue weighted by atomic mass is 16.5. The Kier molecular flexibility index (Phi) is 7.30. The molecule has 2 amide bonds. The van der Waals surface area contributed by atoms with Gasteiger partial charge in [-0.25, -0.2) is 9.97 Å². The van der Waals surface area contributed by atoms with E-state index in [1.54, 1.807) is 18.2 Å². The van der Waals surface area contributed by atoms with E-state index in [-0.39, 0.29) is 24.4 Å². The summed E-state index contributed by atoms with van der Waals surface area (Å²) in [6.07, 6.45) is 3.46. The highest BCUT2D eigenvalue weighted by molar-refractivity contribution is 5.95. The van der Waals surface area contributed by atoms with Gasteiger partial charge in [-0.1, -0.05) is 0 Å². The van der Waals surface area contributed by atoms with Crippen molar-refractivity contribution in [2.24, 2.45) is 0 Å². The van der Waals surface area contributed by atoms with Gasteiger partial charge >= 0.3 is 0 Å². The first-order chi connectivity index (χ1) is 13.6. The molecule has 0 spiro atoms. The van der Waals surface area contributed by atoms with Gasteiger partial charge in [-0.15, -0.1) is 0 Å². The minimum Gasteiger partial charge on any atom is -0.383 e. The molecule has 0 bridgehead atoms. The van der Waals surface area contributed by atoms with E-state index in [2.05, 4.69) is 20.2 Å². The summed E-state index contributed by atoms with van der Waals surface area (Å²) < 4.78 is 10.3. The van der Waals surface area contributed by atoms with Crippen LogP contribution >= 0.6 is 0 Å². The predicted octanol–water partition coefficient (Wildman–Crippen LogP) is 0.157. The molecule has 0 aromatic carbocycles. The molecule has 0 saturated carbocycles. The van der Waals surface area contributed by atoms with E-state index in [4.69, 9.17) is 9.47 Å². The van der Waals surface area contributed by atoms with E-state index in [9.17, 15) is 9.59 Å². The molecule has 9 nitrogen and oxygen atoms in total. The van der Waals surface area contributed by atoms with Crippen LogP contribution in [0.5, 0.6) is 0 Å². The first-order valence-electron chi connectivity index (χ1n) is 9.80. The standard InChI is InChI=1S/C19H29N5O4/c1-14-21-12-15(19(26)23-7-10-28-11-8-23)18(22-14)16-4-3-6-24(16)13-17(25)20-5-9-27-2/h12,16H,3-11,13H2,1-2H3,(H,20,25)/t16-/m0/s1. The van der Waals surface area contributed by atoms with Crippen molar-refractivity contribution in [3.05, 3.63) is 23.3 Å². The lowest BCUT2D eigenvalue weighted by atomic mass is 10.0. The molecule has 3 heterocycles. The molecule has 2 saturated heterocycles. The normalized spacial score (nSPS) is 20.4. The van der Waals surface area contributed by atoms with Gasteiger partial charge in [0.25, 0.3) is 5.91 Å². The number of rotatable bonds is 7. The molecule has 2 fully saturated rings. The Labute approximate surface area is 165 Å². The van der Waals surface area contributed by atoms with E-state index in [1.165, 1.54) is 0 Å². The zero-order valence-electron chi connectivity index (χ0n) is 16.6. The number of ether oxygens (including phenoxy) is 2. The Morgan fingerprint density at radius 2 is 2.11 bits per heavy atom. The second kappa shape index (κ2) is 9.90. The smallest absolute Gasteiger partial charge is 0.257 e. The van der Waals surface area contributed by atoms with Gasteiger partial charge in [0.15, 0.2) is 0 Å². The van der Waals surface area contributed by atoms with Crippen molar-refractivity contribution in [3.63, 3.8) is 0 Å². The van der Waals surface area contributed by atoms with E-state index in [0.29, 0.717) is 50.8 Å². The largest absolute Gasteiger partial charge is 0.383 e. The molecule has 2 aliphatic rings. The number of nitrogens with one attached hydrogen (secondary N) is 1. The van der Waals surface area contributed by atoms with Crippen LogP contribution in [0.3, 0.4) is 0 Å². The van der Waals surface area contributed by atoms with Crippen LogP contribution in [0.2, 0.25) is 0 Å². The topological polar surface area (TPSA) is 96.9 Å². The predicted molar refractivity (Wildman–Crippen MR) is 102 cm³/mol. The molecule has 9 heteroatoms. The summed E-state index contributed by atoms with van der Waals surface area (Å²) in [5, 5.41) is 2.86. The Morgan fingerprint density at radius 3 is 2.86 bits per heavy atom. The number of hydrogen-bond donors (Lipinski definition) is 1. The van der Waals surface area contributed by atoms with E-state index in [1.807, 2.05) is 6.92 Å². The quantitative estimate of drug-likeness (QED) is 0.661. The number of aryl methyl sites for hydroxylation is 1. The Morgan fingerprint density at radius 1 is 1.32 bits per heavy atom. The summed E-state index contributed by atoms with van der Waals surface area (Å²) in [6, 6.07) is -0.0603. The van der Waals surface area contributed by atoms with Gasteiger partial charge in [-0.3, -0.25) is 14.5 Å². The van der Waals surface area contributed by atoms with Crippen molar-refractivity contribution in [1.82, 2.24) is 25.1 Å². The number of morpholine rings is 1. The van der Waals surface area contributed by atoms with Crippen molar-refractivity contribution in [3.8, 4) is 0 Å². The van der Waals surface area contributed by atoms with Crippen molar-refractivity contribution < 1.29 is 19.1 Å². The van der Waals surface area contributed by atoms with Crippen molar-refractivity contribution >= 4 is 11.8 Å². The van der Waals surface area contributed by atoms with Crippen LogP contribution < -0.4 is 5.32 Å². The third-order valence-corrected chi connectivity index (χ3v) is 5.12. The van der Waals surface area contributed by atoms with E-state index < -0.39 is 0 Å². The van der Waals surface area contributed by atoms with Gasteiger partial charge in [0.1, 0.15) is 5.82 Å². The third-order valence-electron chi connectivity index (χ3n) is 5.12.